The summed E-state index contributed by atoms with van der Waals surface area (Å²) in [5.74, 6) is 0.722. The summed E-state index contributed by atoms with van der Waals surface area (Å²) in [4.78, 5) is 24.8. The average molecular weight is 312 g/mol. The van der Waals surface area contributed by atoms with Gasteiger partial charge in [0.1, 0.15) is 11.5 Å². The number of Topliss-reactive ketones (excluding diaryl/α,β-unsaturated/α-hetero) is 2. The van der Waals surface area contributed by atoms with Crippen molar-refractivity contribution < 1.29 is 19.1 Å². The average Bonchev–Trinajstić information content (AvgIpc) is 2.54. The fourth-order valence-electron chi connectivity index (χ4n) is 2.44. The van der Waals surface area contributed by atoms with Crippen LogP contribution in [0, 0.1) is 13.8 Å². The first-order chi connectivity index (χ1) is 11.0. The third-order valence-corrected chi connectivity index (χ3v) is 3.71. The molecule has 0 aliphatic heterocycles. The summed E-state index contributed by atoms with van der Waals surface area (Å²) in [6.45, 7) is 3.75. The van der Waals surface area contributed by atoms with E-state index in [4.69, 9.17) is 9.47 Å². The molecule has 0 saturated heterocycles. The topological polar surface area (TPSA) is 52.6 Å². The zero-order valence-electron chi connectivity index (χ0n) is 13.8. The molecule has 0 amide bonds. The normalized spacial score (nSPS) is 10.3. The van der Waals surface area contributed by atoms with Crippen molar-refractivity contribution in [2.45, 2.75) is 20.3 Å². The second-order valence-electron chi connectivity index (χ2n) is 5.41. The van der Waals surface area contributed by atoms with Crippen molar-refractivity contribution in [3.05, 3.63) is 58.7 Å². The summed E-state index contributed by atoms with van der Waals surface area (Å²) in [6.07, 6.45) is -0.188. The molecule has 4 nitrogen and oxygen atoms in total. The quantitative estimate of drug-likeness (QED) is 0.602. The van der Waals surface area contributed by atoms with Gasteiger partial charge < -0.3 is 9.47 Å². The summed E-state index contributed by atoms with van der Waals surface area (Å²) in [5, 5.41) is 0. The Morgan fingerprint density at radius 2 is 1.52 bits per heavy atom. The Hall–Kier alpha value is -2.62. The Labute approximate surface area is 136 Å². The van der Waals surface area contributed by atoms with Gasteiger partial charge in [0.15, 0.2) is 11.6 Å². The third kappa shape index (κ3) is 3.77. The van der Waals surface area contributed by atoms with Crippen LogP contribution in [0.3, 0.4) is 0 Å². The smallest absolute Gasteiger partial charge is 0.174 e. The molecule has 0 aromatic heterocycles. The lowest BCUT2D eigenvalue weighted by Crippen LogP contribution is -2.11. The van der Waals surface area contributed by atoms with Gasteiger partial charge in [-0.25, -0.2) is 0 Å². The summed E-state index contributed by atoms with van der Waals surface area (Å²) in [7, 11) is 3.09. The van der Waals surface area contributed by atoms with Crippen LogP contribution in [-0.4, -0.2) is 25.8 Å². The lowest BCUT2D eigenvalue weighted by atomic mass is 9.97. The predicted molar refractivity (Wildman–Crippen MR) is 88.7 cm³/mol. The molecule has 0 aliphatic carbocycles. The van der Waals surface area contributed by atoms with Gasteiger partial charge in [-0.1, -0.05) is 6.07 Å². The van der Waals surface area contributed by atoms with Crippen LogP contribution in [0.4, 0.5) is 0 Å². The van der Waals surface area contributed by atoms with E-state index in [0.717, 1.165) is 11.1 Å². The van der Waals surface area contributed by atoms with Crippen LogP contribution in [0.25, 0.3) is 0 Å². The molecule has 0 saturated carbocycles. The fourth-order valence-corrected chi connectivity index (χ4v) is 2.44. The number of hydrogen-bond donors (Lipinski definition) is 0. The number of methoxy groups -OCH3 is 2. The van der Waals surface area contributed by atoms with Crippen molar-refractivity contribution >= 4 is 11.6 Å². The molecule has 4 heteroatoms. The van der Waals surface area contributed by atoms with Crippen LogP contribution in [0.1, 0.15) is 38.3 Å². The zero-order chi connectivity index (χ0) is 17.0. The van der Waals surface area contributed by atoms with Crippen LogP contribution >= 0.6 is 0 Å². The minimum absolute atomic E-state index is 0.188. The van der Waals surface area contributed by atoms with E-state index in [1.807, 2.05) is 19.9 Å². The Balaban J connectivity index is 2.22. The lowest BCUT2D eigenvalue weighted by molar-refractivity contribution is 0.0892. The van der Waals surface area contributed by atoms with E-state index in [1.54, 1.807) is 37.4 Å². The molecule has 0 fully saturated rings. The fraction of sp³-hybridized carbons (Fsp3) is 0.263. The highest BCUT2D eigenvalue weighted by Crippen LogP contribution is 2.23. The second kappa shape index (κ2) is 7.09. The first kappa shape index (κ1) is 16.7. The van der Waals surface area contributed by atoms with Gasteiger partial charge in [0.05, 0.1) is 26.2 Å². The maximum Gasteiger partial charge on any atom is 0.174 e. The molecular weight excluding hydrogens is 292 g/mol. The molecule has 0 spiro atoms. The second-order valence-corrected chi connectivity index (χ2v) is 5.41. The zero-order valence-corrected chi connectivity index (χ0v) is 13.8. The molecule has 0 bridgehead atoms. The van der Waals surface area contributed by atoms with Crippen LogP contribution in [0.2, 0.25) is 0 Å². The van der Waals surface area contributed by atoms with Gasteiger partial charge in [0.25, 0.3) is 0 Å². The monoisotopic (exact) mass is 312 g/mol. The SMILES string of the molecule is COc1ccc(C(=O)CC(=O)c2ccc(C)cc2OC)c(C)c1. The predicted octanol–water partition coefficient (Wildman–Crippen LogP) is 3.78. The van der Waals surface area contributed by atoms with Gasteiger partial charge >= 0.3 is 0 Å². The van der Waals surface area contributed by atoms with Gasteiger partial charge in [-0.15, -0.1) is 0 Å². The van der Waals surface area contributed by atoms with E-state index in [1.165, 1.54) is 7.11 Å². The molecule has 0 heterocycles. The number of carbonyl (C=O) groups is 2. The Morgan fingerprint density at radius 1 is 0.870 bits per heavy atom. The molecule has 0 unspecified atom stereocenters. The standard InChI is InChI=1S/C19H20O4/c1-12-5-7-16(19(9-12)23-4)18(21)11-17(20)15-8-6-14(22-3)10-13(15)2/h5-10H,11H2,1-4H3. The van der Waals surface area contributed by atoms with Crippen LogP contribution in [0.15, 0.2) is 36.4 Å². The highest BCUT2D eigenvalue weighted by Gasteiger charge is 2.18. The van der Waals surface area contributed by atoms with Gasteiger partial charge in [-0.3, -0.25) is 9.59 Å². The Kier molecular flexibility index (Phi) is 5.16. The van der Waals surface area contributed by atoms with Crippen LogP contribution in [-0.2, 0) is 0 Å². The highest BCUT2D eigenvalue weighted by molar-refractivity contribution is 6.14. The van der Waals surface area contributed by atoms with E-state index >= 15 is 0 Å². The van der Waals surface area contributed by atoms with Gasteiger partial charge in [-0.2, -0.15) is 0 Å². The summed E-state index contributed by atoms with van der Waals surface area (Å²) < 4.78 is 10.4. The molecule has 0 atom stereocenters. The molecule has 0 N–H and O–H groups in total. The number of carbonyl (C=O) groups excluding carboxylic acids is 2. The number of ether oxygens (including phenoxy) is 2. The summed E-state index contributed by atoms with van der Waals surface area (Å²) in [5.41, 5.74) is 2.75. The minimum atomic E-state index is -0.248. The van der Waals surface area contributed by atoms with E-state index in [0.29, 0.717) is 22.6 Å². The van der Waals surface area contributed by atoms with E-state index in [2.05, 4.69) is 0 Å². The number of benzene rings is 2. The van der Waals surface area contributed by atoms with Crippen molar-refractivity contribution in [1.82, 2.24) is 0 Å². The molecule has 120 valence electrons. The number of aryl methyl sites for hydroxylation is 2. The van der Waals surface area contributed by atoms with Crippen molar-refractivity contribution in [2.75, 3.05) is 14.2 Å². The van der Waals surface area contributed by atoms with Crippen molar-refractivity contribution in [3.8, 4) is 11.5 Å². The Morgan fingerprint density at radius 3 is 2.13 bits per heavy atom. The van der Waals surface area contributed by atoms with Crippen molar-refractivity contribution in [3.63, 3.8) is 0 Å². The third-order valence-electron chi connectivity index (χ3n) is 3.71. The van der Waals surface area contributed by atoms with E-state index in [9.17, 15) is 9.59 Å². The van der Waals surface area contributed by atoms with E-state index < -0.39 is 0 Å². The maximum atomic E-state index is 12.4. The first-order valence-corrected chi connectivity index (χ1v) is 7.32. The molecule has 2 aromatic rings. The van der Waals surface area contributed by atoms with E-state index in [-0.39, 0.29) is 18.0 Å². The highest BCUT2D eigenvalue weighted by atomic mass is 16.5. The van der Waals surface area contributed by atoms with Gasteiger partial charge in [-0.05, 0) is 55.3 Å². The summed E-state index contributed by atoms with van der Waals surface area (Å²) in [6, 6.07) is 10.5. The van der Waals surface area contributed by atoms with Crippen LogP contribution < -0.4 is 9.47 Å². The molecular formula is C19H20O4. The number of rotatable bonds is 6. The summed E-state index contributed by atoms with van der Waals surface area (Å²) >= 11 is 0. The largest absolute Gasteiger partial charge is 0.497 e. The maximum absolute atomic E-state index is 12.4. The lowest BCUT2D eigenvalue weighted by Gasteiger charge is -2.10. The van der Waals surface area contributed by atoms with Gasteiger partial charge in [0.2, 0.25) is 0 Å². The molecule has 0 radical (unpaired) electrons. The molecule has 0 aliphatic rings. The van der Waals surface area contributed by atoms with Gasteiger partial charge in [0, 0.05) is 5.56 Å². The molecule has 23 heavy (non-hydrogen) atoms. The number of ketones is 2. The van der Waals surface area contributed by atoms with Crippen LogP contribution in [0.5, 0.6) is 11.5 Å². The first-order valence-electron chi connectivity index (χ1n) is 7.32. The minimum Gasteiger partial charge on any atom is -0.497 e. The van der Waals surface area contributed by atoms with Crippen molar-refractivity contribution in [2.24, 2.45) is 0 Å². The number of hydrogen-bond acceptors (Lipinski definition) is 4. The Bertz CT molecular complexity index is 747. The molecule has 2 rings (SSSR count). The van der Waals surface area contributed by atoms with Crippen molar-refractivity contribution in [1.29, 1.82) is 0 Å². The molecule has 2 aromatic carbocycles.